The van der Waals surface area contributed by atoms with Gasteiger partial charge in [0.05, 0.1) is 0 Å². The summed E-state index contributed by atoms with van der Waals surface area (Å²) in [6, 6.07) is 13.4. The average molecular weight is 333 g/mol. The van der Waals surface area contributed by atoms with Gasteiger partial charge in [-0.3, -0.25) is 14.9 Å². The van der Waals surface area contributed by atoms with Crippen molar-refractivity contribution in [2.75, 3.05) is 13.1 Å². The summed E-state index contributed by atoms with van der Waals surface area (Å²) in [4.78, 5) is 23.2. The zero-order valence-corrected chi connectivity index (χ0v) is 13.8. The molecule has 0 unspecified atom stereocenters. The van der Waals surface area contributed by atoms with Crippen LogP contribution in [0.25, 0.3) is 11.4 Å². The van der Waals surface area contributed by atoms with Crippen LogP contribution < -0.4 is 0 Å². The molecule has 1 amide bonds. The summed E-state index contributed by atoms with van der Waals surface area (Å²) in [7, 11) is 0. The average Bonchev–Trinajstić information content (AvgIpc) is 3.19. The number of aromatic amines is 1. The molecule has 1 aliphatic rings. The van der Waals surface area contributed by atoms with Gasteiger partial charge in [-0.1, -0.05) is 30.3 Å². The number of aromatic nitrogens is 4. The summed E-state index contributed by atoms with van der Waals surface area (Å²) in [5, 5.41) is 7.41. The van der Waals surface area contributed by atoms with Crippen LogP contribution in [0.3, 0.4) is 0 Å². The van der Waals surface area contributed by atoms with E-state index in [1.807, 2.05) is 35.2 Å². The van der Waals surface area contributed by atoms with Crippen LogP contribution in [-0.2, 0) is 0 Å². The molecule has 25 heavy (non-hydrogen) atoms. The number of pyridine rings is 1. The van der Waals surface area contributed by atoms with Crippen molar-refractivity contribution < 1.29 is 4.79 Å². The first-order valence-electron chi connectivity index (χ1n) is 8.48. The van der Waals surface area contributed by atoms with Gasteiger partial charge in [-0.25, -0.2) is 4.98 Å². The van der Waals surface area contributed by atoms with Crippen molar-refractivity contribution in [1.82, 2.24) is 25.1 Å². The Hall–Kier alpha value is -3.02. The first kappa shape index (κ1) is 15.5. The summed E-state index contributed by atoms with van der Waals surface area (Å²) < 4.78 is 0. The highest BCUT2D eigenvalue weighted by molar-refractivity contribution is 5.94. The maximum absolute atomic E-state index is 12.7. The Balaban J connectivity index is 1.50. The third kappa shape index (κ3) is 3.28. The predicted molar refractivity (Wildman–Crippen MR) is 93.9 cm³/mol. The Morgan fingerprint density at radius 3 is 2.72 bits per heavy atom. The first-order valence-corrected chi connectivity index (χ1v) is 8.48. The molecule has 0 bridgehead atoms. The minimum absolute atomic E-state index is 0.0508. The fraction of sp³-hybridized carbons (Fsp3) is 0.263. The molecular weight excluding hydrogens is 314 g/mol. The van der Waals surface area contributed by atoms with Crippen molar-refractivity contribution in [1.29, 1.82) is 0 Å². The van der Waals surface area contributed by atoms with Crippen LogP contribution >= 0.6 is 0 Å². The molecule has 2 aromatic heterocycles. The van der Waals surface area contributed by atoms with E-state index in [0.717, 1.165) is 30.8 Å². The number of hydrogen-bond donors (Lipinski definition) is 1. The third-order valence-corrected chi connectivity index (χ3v) is 4.56. The van der Waals surface area contributed by atoms with Crippen LogP contribution in [0.4, 0.5) is 0 Å². The Bertz CT molecular complexity index is 847. The lowest BCUT2D eigenvalue weighted by molar-refractivity contribution is 0.0704. The minimum atomic E-state index is 0.0508. The van der Waals surface area contributed by atoms with Crippen LogP contribution in [0.15, 0.2) is 54.9 Å². The fourth-order valence-electron chi connectivity index (χ4n) is 3.24. The van der Waals surface area contributed by atoms with Crippen LogP contribution in [-0.4, -0.2) is 44.1 Å². The number of benzene rings is 1. The van der Waals surface area contributed by atoms with Gasteiger partial charge in [0.1, 0.15) is 5.82 Å². The second kappa shape index (κ2) is 6.84. The van der Waals surface area contributed by atoms with E-state index in [2.05, 4.69) is 20.2 Å². The van der Waals surface area contributed by atoms with Crippen molar-refractivity contribution in [3.8, 4) is 11.4 Å². The molecule has 1 saturated heterocycles. The summed E-state index contributed by atoms with van der Waals surface area (Å²) in [5.74, 6) is 1.79. The summed E-state index contributed by atoms with van der Waals surface area (Å²) in [6.07, 6.45) is 5.26. The molecule has 1 atom stereocenters. The second-order valence-corrected chi connectivity index (χ2v) is 6.24. The van der Waals surface area contributed by atoms with Gasteiger partial charge in [0.2, 0.25) is 0 Å². The summed E-state index contributed by atoms with van der Waals surface area (Å²) in [6.45, 7) is 1.43. The molecule has 1 fully saturated rings. The van der Waals surface area contributed by atoms with Gasteiger partial charge >= 0.3 is 0 Å². The molecule has 0 radical (unpaired) electrons. The zero-order chi connectivity index (χ0) is 17.1. The second-order valence-electron chi connectivity index (χ2n) is 6.24. The molecule has 1 aliphatic heterocycles. The smallest absolute Gasteiger partial charge is 0.253 e. The Morgan fingerprint density at radius 2 is 1.92 bits per heavy atom. The lowest BCUT2D eigenvalue weighted by Crippen LogP contribution is -2.39. The number of carbonyl (C=O) groups excluding carboxylic acids is 1. The van der Waals surface area contributed by atoms with Crippen molar-refractivity contribution in [2.45, 2.75) is 18.8 Å². The number of H-pyrrole nitrogens is 1. The first-order chi connectivity index (χ1) is 12.3. The van der Waals surface area contributed by atoms with Gasteiger partial charge in [-0.05, 0) is 25.0 Å². The normalized spacial score (nSPS) is 17.4. The molecular formula is C19H19N5O. The van der Waals surface area contributed by atoms with Crippen LogP contribution in [0.5, 0.6) is 0 Å². The molecule has 126 valence electrons. The predicted octanol–water partition coefficient (Wildman–Crippen LogP) is 2.89. The van der Waals surface area contributed by atoms with Gasteiger partial charge in [0.25, 0.3) is 5.91 Å². The van der Waals surface area contributed by atoms with E-state index in [0.29, 0.717) is 17.9 Å². The molecule has 4 rings (SSSR count). The standard InChI is InChI=1S/C19H19N5O/c25-19(15-8-10-20-11-9-15)24-12-4-7-16(13-24)18-21-17(22-23-18)14-5-2-1-3-6-14/h1-3,5-6,8-11,16H,4,7,12-13H2,(H,21,22,23)/t16-/m1/s1. The molecule has 0 aliphatic carbocycles. The number of hydrogen-bond acceptors (Lipinski definition) is 4. The Kier molecular flexibility index (Phi) is 4.24. The van der Waals surface area contributed by atoms with E-state index in [-0.39, 0.29) is 11.8 Å². The van der Waals surface area contributed by atoms with Crippen LogP contribution in [0.2, 0.25) is 0 Å². The van der Waals surface area contributed by atoms with Crippen molar-refractivity contribution >= 4 is 5.91 Å². The maximum atomic E-state index is 12.7. The van der Waals surface area contributed by atoms with Crippen molar-refractivity contribution in [3.63, 3.8) is 0 Å². The highest BCUT2D eigenvalue weighted by Gasteiger charge is 2.27. The molecule has 1 aromatic carbocycles. The quantitative estimate of drug-likeness (QED) is 0.800. The van der Waals surface area contributed by atoms with Gasteiger partial charge in [0, 0.05) is 42.5 Å². The third-order valence-electron chi connectivity index (χ3n) is 4.56. The van der Waals surface area contributed by atoms with E-state index in [1.165, 1.54) is 0 Å². The van der Waals surface area contributed by atoms with E-state index >= 15 is 0 Å². The lowest BCUT2D eigenvalue weighted by Gasteiger charge is -2.31. The molecule has 0 saturated carbocycles. The number of piperidine rings is 1. The monoisotopic (exact) mass is 333 g/mol. The summed E-state index contributed by atoms with van der Waals surface area (Å²) in [5.41, 5.74) is 1.67. The number of nitrogens with one attached hydrogen (secondary N) is 1. The Morgan fingerprint density at radius 1 is 1.12 bits per heavy atom. The fourth-order valence-corrected chi connectivity index (χ4v) is 3.24. The zero-order valence-electron chi connectivity index (χ0n) is 13.8. The van der Waals surface area contributed by atoms with Crippen molar-refractivity contribution in [2.24, 2.45) is 0 Å². The minimum Gasteiger partial charge on any atom is -0.338 e. The number of likely N-dealkylation sites (tertiary alicyclic amines) is 1. The van der Waals surface area contributed by atoms with Crippen LogP contribution in [0, 0.1) is 0 Å². The van der Waals surface area contributed by atoms with Gasteiger partial charge < -0.3 is 4.90 Å². The summed E-state index contributed by atoms with van der Waals surface area (Å²) >= 11 is 0. The van der Waals surface area contributed by atoms with E-state index in [1.54, 1.807) is 24.5 Å². The topological polar surface area (TPSA) is 74.8 Å². The number of rotatable bonds is 3. The van der Waals surface area contributed by atoms with Gasteiger partial charge in [-0.2, -0.15) is 5.10 Å². The number of carbonyl (C=O) groups is 1. The number of amides is 1. The molecule has 1 N–H and O–H groups in total. The molecule has 6 nitrogen and oxygen atoms in total. The molecule has 3 heterocycles. The SMILES string of the molecule is O=C(c1ccncc1)N1CCC[C@@H](c2nc(-c3ccccc3)n[nH]2)C1. The van der Waals surface area contributed by atoms with E-state index in [4.69, 9.17) is 0 Å². The van der Waals surface area contributed by atoms with Crippen LogP contribution in [0.1, 0.15) is 34.9 Å². The molecule has 3 aromatic rings. The Labute approximate surface area is 145 Å². The van der Waals surface area contributed by atoms with Gasteiger partial charge in [0.15, 0.2) is 5.82 Å². The molecule has 0 spiro atoms. The molecule has 6 heteroatoms. The highest BCUT2D eigenvalue weighted by atomic mass is 16.2. The van der Waals surface area contributed by atoms with E-state index < -0.39 is 0 Å². The maximum Gasteiger partial charge on any atom is 0.253 e. The van der Waals surface area contributed by atoms with Crippen molar-refractivity contribution in [3.05, 3.63) is 66.2 Å². The van der Waals surface area contributed by atoms with Gasteiger partial charge in [-0.15, -0.1) is 0 Å². The highest BCUT2D eigenvalue weighted by Crippen LogP contribution is 2.26. The number of nitrogens with zero attached hydrogens (tertiary/aromatic N) is 4. The largest absolute Gasteiger partial charge is 0.338 e. The van der Waals surface area contributed by atoms with E-state index in [9.17, 15) is 4.79 Å². The lowest BCUT2D eigenvalue weighted by atomic mass is 9.97.